The number of aliphatic hydroxyl groups excluding tert-OH is 4. The molecule has 0 spiro atoms. The molecular formula is C8H14N2O6. The van der Waals surface area contributed by atoms with E-state index in [1.165, 1.54) is 0 Å². The first kappa shape index (κ1) is 12.8. The van der Waals surface area contributed by atoms with Crippen LogP contribution in [-0.4, -0.2) is 67.0 Å². The smallest absolute Gasteiger partial charge is 0.223 e. The van der Waals surface area contributed by atoms with Gasteiger partial charge in [-0.1, -0.05) is 0 Å². The summed E-state index contributed by atoms with van der Waals surface area (Å²) in [4.78, 5) is 23.1. The van der Waals surface area contributed by atoms with E-state index in [-0.39, 0.29) is 0 Å². The summed E-state index contributed by atoms with van der Waals surface area (Å²) in [7, 11) is 0. The summed E-state index contributed by atoms with van der Waals surface area (Å²) in [5.74, 6) is -1.47. The van der Waals surface area contributed by atoms with Crippen molar-refractivity contribution in [2.45, 2.75) is 38.8 Å². The molecule has 16 heavy (non-hydrogen) atoms. The second-order valence-electron chi connectivity index (χ2n) is 3.51. The van der Waals surface area contributed by atoms with Crippen LogP contribution in [0.1, 0.15) is 13.8 Å². The average Bonchev–Trinajstić information content (AvgIpc) is 2.14. The fraction of sp³-hybridized carbons (Fsp3) is 0.750. The van der Waals surface area contributed by atoms with Crippen molar-refractivity contribution in [1.29, 1.82) is 0 Å². The fourth-order valence-electron chi connectivity index (χ4n) is 1.63. The van der Waals surface area contributed by atoms with Crippen molar-refractivity contribution < 1.29 is 30.0 Å². The van der Waals surface area contributed by atoms with E-state index in [0.717, 1.165) is 13.8 Å². The van der Waals surface area contributed by atoms with E-state index in [0.29, 0.717) is 9.80 Å². The monoisotopic (exact) mass is 234 g/mol. The number of piperazine rings is 1. The summed E-state index contributed by atoms with van der Waals surface area (Å²) in [5.41, 5.74) is 0. The third kappa shape index (κ3) is 1.87. The molecule has 0 unspecified atom stereocenters. The van der Waals surface area contributed by atoms with E-state index in [4.69, 9.17) is 0 Å². The summed E-state index contributed by atoms with van der Waals surface area (Å²) in [6, 6.07) is 0. The van der Waals surface area contributed by atoms with Gasteiger partial charge in [0, 0.05) is 13.8 Å². The zero-order valence-corrected chi connectivity index (χ0v) is 8.81. The zero-order chi connectivity index (χ0) is 12.6. The molecule has 0 saturated carbocycles. The molecule has 0 bridgehead atoms. The van der Waals surface area contributed by atoms with Gasteiger partial charge >= 0.3 is 0 Å². The SMILES string of the molecule is CC(=O)N1[C@H](O)[C@H](O)N(C(C)=O)[C@@H](O)[C@@H]1O. The van der Waals surface area contributed by atoms with Crippen LogP contribution in [0.3, 0.4) is 0 Å². The van der Waals surface area contributed by atoms with Crippen molar-refractivity contribution >= 4 is 11.8 Å². The maximum absolute atomic E-state index is 11.1. The second-order valence-corrected chi connectivity index (χ2v) is 3.51. The lowest BCUT2D eigenvalue weighted by molar-refractivity contribution is -0.281. The number of rotatable bonds is 0. The molecule has 0 aliphatic carbocycles. The average molecular weight is 234 g/mol. The highest BCUT2D eigenvalue weighted by Crippen LogP contribution is 2.22. The van der Waals surface area contributed by atoms with Gasteiger partial charge in [0.1, 0.15) is 0 Å². The Hall–Kier alpha value is -1.22. The van der Waals surface area contributed by atoms with Crippen molar-refractivity contribution in [3.05, 3.63) is 0 Å². The molecule has 1 heterocycles. The lowest BCUT2D eigenvalue weighted by Crippen LogP contribution is -2.70. The standard InChI is InChI=1S/C8H14N2O6/c1-3(11)9-5(13)7(15)10(4(2)12)8(16)6(9)14/h5-8,13-16H,1-2H3/t5-,6-,7-,8+/m0/s1. The molecule has 1 aliphatic rings. The Morgan fingerprint density at radius 2 is 0.938 bits per heavy atom. The molecule has 2 amide bonds. The summed E-state index contributed by atoms with van der Waals surface area (Å²) < 4.78 is 0. The maximum atomic E-state index is 11.1. The molecule has 92 valence electrons. The van der Waals surface area contributed by atoms with E-state index < -0.39 is 36.7 Å². The van der Waals surface area contributed by atoms with E-state index in [2.05, 4.69) is 0 Å². The minimum absolute atomic E-state index is 0.495. The molecule has 4 N–H and O–H groups in total. The van der Waals surface area contributed by atoms with E-state index >= 15 is 0 Å². The number of amides is 2. The molecule has 0 radical (unpaired) electrons. The predicted octanol–water partition coefficient (Wildman–Crippen LogP) is -3.03. The summed E-state index contributed by atoms with van der Waals surface area (Å²) >= 11 is 0. The summed E-state index contributed by atoms with van der Waals surface area (Å²) in [6.07, 6.45) is -7.11. The first-order valence-corrected chi connectivity index (χ1v) is 4.59. The van der Waals surface area contributed by atoms with Gasteiger partial charge in [-0.2, -0.15) is 0 Å². The highest BCUT2D eigenvalue weighted by atomic mass is 16.4. The van der Waals surface area contributed by atoms with Gasteiger partial charge in [-0.3, -0.25) is 19.4 Å². The van der Waals surface area contributed by atoms with Crippen molar-refractivity contribution in [3.63, 3.8) is 0 Å². The third-order valence-electron chi connectivity index (χ3n) is 2.40. The number of hydrogen-bond donors (Lipinski definition) is 4. The summed E-state index contributed by atoms with van der Waals surface area (Å²) in [5, 5.41) is 38.0. The van der Waals surface area contributed by atoms with Gasteiger partial charge in [-0.15, -0.1) is 0 Å². The van der Waals surface area contributed by atoms with Crippen molar-refractivity contribution in [3.8, 4) is 0 Å². The second kappa shape index (κ2) is 4.34. The lowest BCUT2D eigenvalue weighted by Gasteiger charge is -2.47. The third-order valence-corrected chi connectivity index (χ3v) is 2.40. The van der Waals surface area contributed by atoms with Crippen LogP contribution in [0.25, 0.3) is 0 Å². The van der Waals surface area contributed by atoms with Gasteiger partial charge in [0.05, 0.1) is 0 Å². The number of aliphatic hydroxyl groups is 4. The van der Waals surface area contributed by atoms with Crippen LogP contribution in [0, 0.1) is 0 Å². The van der Waals surface area contributed by atoms with Crippen LogP contribution in [0.4, 0.5) is 0 Å². The Balaban J connectivity index is 3.03. The van der Waals surface area contributed by atoms with Crippen LogP contribution >= 0.6 is 0 Å². The van der Waals surface area contributed by atoms with E-state index in [9.17, 15) is 30.0 Å². The lowest BCUT2D eigenvalue weighted by atomic mass is 10.2. The molecule has 0 aromatic heterocycles. The Kier molecular flexibility index (Phi) is 3.48. The molecule has 0 aromatic rings. The van der Waals surface area contributed by atoms with Gasteiger partial charge in [0.15, 0.2) is 24.9 Å². The van der Waals surface area contributed by atoms with Crippen LogP contribution in [0.2, 0.25) is 0 Å². The molecule has 1 aliphatic heterocycles. The van der Waals surface area contributed by atoms with Gasteiger partial charge in [0.25, 0.3) is 0 Å². The number of carbonyl (C=O) groups excluding carboxylic acids is 2. The molecule has 1 rings (SSSR count). The van der Waals surface area contributed by atoms with Crippen molar-refractivity contribution in [2.75, 3.05) is 0 Å². The molecule has 0 aromatic carbocycles. The quantitative estimate of drug-likeness (QED) is 0.354. The van der Waals surface area contributed by atoms with Gasteiger partial charge in [-0.05, 0) is 0 Å². The minimum atomic E-state index is -1.78. The van der Waals surface area contributed by atoms with Gasteiger partial charge < -0.3 is 20.4 Å². The largest absolute Gasteiger partial charge is 0.369 e. The topological polar surface area (TPSA) is 122 Å². The highest BCUT2D eigenvalue weighted by molar-refractivity contribution is 5.76. The van der Waals surface area contributed by atoms with Crippen LogP contribution < -0.4 is 0 Å². The zero-order valence-electron chi connectivity index (χ0n) is 8.81. The molecular weight excluding hydrogens is 220 g/mol. The molecule has 8 nitrogen and oxygen atoms in total. The van der Waals surface area contributed by atoms with E-state index in [1.807, 2.05) is 0 Å². The maximum Gasteiger partial charge on any atom is 0.223 e. The van der Waals surface area contributed by atoms with Gasteiger partial charge in [0.2, 0.25) is 11.8 Å². The Morgan fingerprint density at radius 3 is 1.06 bits per heavy atom. The number of carbonyl (C=O) groups is 2. The van der Waals surface area contributed by atoms with E-state index in [1.54, 1.807) is 0 Å². The van der Waals surface area contributed by atoms with Crippen LogP contribution in [-0.2, 0) is 9.59 Å². The normalized spacial score (nSPS) is 35.1. The van der Waals surface area contributed by atoms with Crippen LogP contribution in [0.5, 0.6) is 0 Å². The fourth-order valence-corrected chi connectivity index (χ4v) is 1.63. The molecule has 8 heteroatoms. The Bertz CT molecular complexity index is 263. The Morgan fingerprint density at radius 1 is 0.750 bits per heavy atom. The van der Waals surface area contributed by atoms with Crippen LogP contribution in [0.15, 0.2) is 0 Å². The first-order chi connectivity index (χ1) is 7.29. The molecule has 1 fully saturated rings. The predicted molar refractivity (Wildman–Crippen MR) is 49.1 cm³/mol. The number of nitrogens with zero attached hydrogens (tertiary/aromatic N) is 2. The minimum Gasteiger partial charge on any atom is -0.369 e. The van der Waals surface area contributed by atoms with Crippen molar-refractivity contribution in [1.82, 2.24) is 9.80 Å². The molecule has 1 saturated heterocycles. The first-order valence-electron chi connectivity index (χ1n) is 4.59. The Labute approximate surface area is 91.3 Å². The molecule has 4 atom stereocenters. The van der Waals surface area contributed by atoms with Crippen molar-refractivity contribution in [2.24, 2.45) is 0 Å². The number of hydrogen-bond acceptors (Lipinski definition) is 6. The highest BCUT2D eigenvalue weighted by Gasteiger charge is 2.47. The summed E-state index contributed by atoms with van der Waals surface area (Å²) in [6.45, 7) is 2.10. The van der Waals surface area contributed by atoms with Gasteiger partial charge in [-0.25, -0.2) is 0 Å².